The van der Waals surface area contributed by atoms with Crippen LogP contribution in [0.15, 0.2) is 54.9 Å². The number of fused-ring (bicyclic) bond motifs is 1. The number of carbonyl (C=O) groups is 1. The van der Waals surface area contributed by atoms with Crippen LogP contribution in [0.5, 0.6) is 5.75 Å². The van der Waals surface area contributed by atoms with E-state index in [1.807, 2.05) is 24.3 Å². The maximum absolute atomic E-state index is 12.3. The summed E-state index contributed by atoms with van der Waals surface area (Å²) in [6.45, 7) is 0. The van der Waals surface area contributed by atoms with Crippen molar-refractivity contribution in [2.75, 3.05) is 12.4 Å². The van der Waals surface area contributed by atoms with E-state index in [1.54, 1.807) is 42.2 Å². The van der Waals surface area contributed by atoms with Crippen molar-refractivity contribution in [1.82, 2.24) is 19.8 Å². The van der Waals surface area contributed by atoms with E-state index in [2.05, 4.69) is 20.6 Å². The molecule has 7 nitrogen and oxygen atoms in total. The van der Waals surface area contributed by atoms with Crippen molar-refractivity contribution in [3.63, 3.8) is 0 Å². The standard InChI is InChI=1S/C17H13N5O2S/c1-24-14-4-2-3-12(9-14)15(23)19-13-7-5-11(6-8-13)16-21-22-10-18-20-17(22)25-16/h2-10H,1H3,(H,19,23). The van der Waals surface area contributed by atoms with Crippen LogP contribution in [0.4, 0.5) is 5.69 Å². The van der Waals surface area contributed by atoms with Crippen molar-refractivity contribution in [2.45, 2.75) is 0 Å². The van der Waals surface area contributed by atoms with Gasteiger partial charge in [-0.25, -0.2) is 0 Å². The molecule has 124 valence electrons. The summed E-state index contributed by atoms with van der Waals surface area (Å²) in [5.41, 5.74) is 2.20. The fourth-order valence-electron chi connectivity index (χ4n) is 2.34. The Bertz CT molecular complexity index is 1010. The lowest BCUT2D eigenvalue weighted by Crippen LogP contribution is -2.11. The van der Waals surface area contributed by atoms with E-state index in [0.29, 0.717) is 17.0 Å². The van der Waals surface area contributed by atoms with Crippen molar-refractivity contribution >= 4 is 27.9 Å². The van der Waals surface area contributed by atoms with Gasteiger partial charge >= 0.3 is 0 Å². The van der Waals surface area contributed by atoms with Gasteiger partial charge in [0.2, 0.25) is 4.96 Å². The summed E-state index contributed by atoms with van der Waals surface area (Å²) in [5, 5.41) is 15.9. The number of aromatic nitrogens is 4. The smallest absolute Gasteiger partial charge is 0.255 e. The van der Waals surface area contributed by atoms with Gasteiger partial charge in [0.1, 0.15) is 17.1 Å². The third-order valence-electron chi connectivity index (χ3n) is 3.61. The van der Waals surface area contributed by atoms with Gasteiger partial charge in [-0.2, -0.15) is 9.61 Å². The molecule has 0 bridgehead atoms. The van der Waals surface area contributed by atoms with Crippen molar-refractivity contribution in [1.29, 1.82) is 0 Å². The number of amides is 1. The molecule has 2 aromatic carbocycles. The van der Waals surface area contributed by atoms with Gasteiger partial charge < -0.3 is 10.1 Å². The Kier molecular flexibility index (Phi) is 3.87. The van der Waals surface area contributed by atoms with Crippen LogP contribution in [0.3, 0.4) is 0 Å². The number of benzene rings is 2. The molecular weight excluding hydrogens is 338 g/mol. The molecule has 2 aromatic heterocycles. The van der Waals surface area contributed by atoms with Crippen LogP contribution in [-0.4, -0.2) is 32.8 Å². The number of rotatable bonds is 4. The maximum atomic E-state index is 12.3. The minimum absolute atomic E-state index is 0.189. The Hall–Kier alpha value is -3.26. The summed E-state index contributed by atoms with van der Waals surface area (Å²) in [6.07, 6.45) is 1.57. The molecule has 4 aromatic rings. The molecule has 0 aliphatic heterocycles. The highest BCUT2D eigenvalue weighted by Gasteiger charge is 2.10. The molecule has 0 saturated carbocycles. The Balaban J connectivity index is 1.51. The van der Waals surface area contributed by atoms with Gasteiger partial charge in [0, 0.05) is 16.8 Å². The highest BCUT2D eigenvalue weighted by atomic mass is 32.1. The number of ether oxygens (including phenoxy) is 1. The summed E-state index contributed by atoms with van der Waals surface area (Å²) in [5.74, 6) is 0.455. The zero-order valence-electron chi connectivity index (χ0n) is 13.2. The van der Waals surface area contributed by atoms with Gasteiger partial charge in [0.15, 0.2) is 0 Å². The number of anilines is 1. The Morgan fingerprint density at radius 1 is 1.20 bits per heavy atom. The second-order valence-electron chi connectivity index (χ2n) is 5.23. The van der Waals surface area contributed by atoms with Crippen LogP contribution in [-0.2, 0) is 0 Å². The summed E-state index contributed by atoms with van der Waals surface area (Å²) < 4.78 is 6.78. The largest absolute Gasteiger partial charge is 0.497 e. The van der Waals surface area contributed by atoms with E-state index in [0.717, 1.165) is 15.5 Å². The lowest BCUT2D eigenvalue weighted by Gasteiger charge is -2.07. The summed E-state index contributed by atoms with van der Waals surface area (Å²) in [4.78, 5) is 13.1. The molecule has 0 fully saturated rings. The van der Waals surface area contributed by atoms with E-state index >= 15 is 0 Å². The van der Waals surface area contributed by atoms with E-state index in [9.17, 15) is 4.79 Å². The zero-order chi connectivity index (χ0) is 17.2. The highest BCUT2D eigenvalue weighted by molar-refractivity contribution is 7.19. The molecule has 25 heavy (non-hydrogen) atoms. The maximum Gasteiger partial charge on any atom is 0.255 e. The third-order valence-corrected chi connectivity index (χ3v) is 4.57. The number of methoxy groups -OCH3 is 1. The van der Waals surface area contributed by atoms with Crippen molar-refractivity contribution < 1.29 is 9.53 Å². The predicted octanol–water partition coefficient (Wildman–Crippen LogP) is 3.11. The molecule has 1 N–H and O–H groups in total. The Morgan fingerprint density at radius 2 is 2.04 bits per heavy atom. The lowest BCUT2D eigenvalue weighted by atomic mass is 10.2. The number of hydrogen-bond donors (Lipinski definition) is 1. The average molecular weight is 351 g/mol. The first-order chi connectivity index (χ1) is 12.2. The number of carbonyl (C=O) groups excluding carboxylic acids is 1. The summed E-state index contributed by atoms with van der Waals surface area (Å²) in [7, 11) is 1.57. The predicted molar refractivity (Wildman–Crippen MR) is 95.0 cm³/mol. The molecule has 0 aliphatic carbocycles. The van der Waals surface area contributed by atoms with Gasteiger partial charge in [-0.15, -0.1) is 10.2 Å². The monoisotopic (exact) mass is 351 g/mol. The Morgan fingerprint density at radius 3 is 2.80 bits per heavy atom. The number of hydrogen-bond acceptors (Lipinski definition) is 6. The SMILES string of the molecule is COc1cccc(C(=O)Nc2ccc(-c3nn4cnnc4s3)cc2)c1. The fourth-order valence-corrected chi connectivity index (χ4v) is 3.17. The number of nitrogens with one attached hydrogen (secondary N) is 1. The van der Waals surface area contributed by atoms with Crippen LogP contribution >= 0.6 is 11.3 Å². The van der Waals surface area contributed by atoms with Gasteiger partial charge in [0.05, 0.1) is 7.11 Å². The highest BCUT2D eigenvalue weighted by Crippen LogP contribution is 2.26. The van der Waals surface area contributed by atoms with Gasteiger partial charge in [-0.3, -0.25) is 4.79 Å². The summed E-state index contributed by atoms with van der Waals surface area (Å²) >= 11 is 1.45. The lowest BCUT2D eigenvalue weighted by molar-refractivity contribution is 0.102. The second-order valence-corrected chi connectivity index (χ2v) is 6.18. The van der Waals surface area contributed by atoms with E-state index in [4.69, 9.17) is 4.74 Å². The van der Waals surface area contributed by atoms with Crippen LogP contribution in [0.25, 0.3) is 15.5 Å². The first-order valence-corrected chi connectivity index (χ1v) is 8.27. The third kappa shape index (κ3) is 3.07. The quantitative estimate of drug-likeness (QED) is 0.611. The van der Waals surface area contributed by atoms with E-state index in [-0.39, 0.29) is 5.91 Å². The van der Waals surface area contributed by atoms with Crippen LogP contribution in [0, 0.1) is 0 Å². The molecular formula is C17H13N5O2S. The molecule has 2 heterocycles. The molecule has 0 unspecified atom stereocenters. The molecule has 0 aliphatic rings. The Labute approximate surface area is 146 Å². The van der Waals surface area contributed by atoms with Crippen molar-refractivity contribution in [3.8, 4) is 16.3 Å². The van der Waals surface area contributed by atoms with Gasteiger partial charge in [-0.1, -0.05) is 17.4 Å². The van der Waals surface area contributed by atoms with Crippen LogP contribution in [0.2, 0.25) is 0 Å². The van der Waals surface area contributed by atoms with Crippen LogP contribution in [0.1, 0.15) is 10.4 Å². The molecule has 0 radical (unpaired) electrons. The molecule has 0 spiro atoms. The molecule has 1 amide bonds. The van der Waals surface area contributed by atoms with Crippen LogP contribution < -0.4 is 10.1 Å². The minimum atomic E-state index is -0.189. The zero-order valence-corrected chi connectivity index (χ0v) is 14.0. The van der Waals surface area contributed by atoms with E-state index < -0.39 is 0 Å². The molecule has 8 heteroatoms. The van der Waals surface area contributed by atoms with Gasteiger partial charge in [-0.05, 0) is 42.5 Å². The van der Waals surface area contributed by atoms with E-state index in [1.165, 1.54) is 11.3 Å². The summed E-state index contributed by atoms with van der Waals surface area (Å²) in [6, 6.07) is 14.5. The van der Waals surface area contributed by atoms with Gasteiger partial charge in [0.25, 0.3) is 5.91 Å². The fraction of sp³-hybridized carbons (Fsp3) is 0.0588. The molecule has 0 saturated heterocycles. The number of nitrogens with zero attached hydrogens (tertiary/aromatic N) is 4. The molecule has 4 rings (SSSR count). The second kappa shape index (κ2) is 6.33. The minimum Gasteiger partial charge on any atom is -0.497 e. The topological polar surface area (TPSA) is 81.4 Å². The first kappa shape index (κ1) is 15.3. The van der Waals surface area contributed by atoms with Crippen molar-refractivity contribution in [2.24, 2.45) is 0 Å². The van der Waals surface area contributed by atoms with Crippen molar-refractivity contribution in [3.05, 3.63) is 60.4 Å². The average Bonchev–Trinajstić information content (AvgIpc) is 3.24. The first-order valence-electron chi connectivity index (χ1n) is 7.45. The normalized spacial score (nSPS) is 10.8. The molecule has 0 atom stereocenters.